The Bertz CT molecular complexity index is 1220. The number of nitrogens with one attached hydrogen (secondary N) is 2. The minimum Gasteiger partial charge on any atom is -0.493 e. The van der Waals surface area contributed by atoms with E-state index in [0.29, 0.717) is 52.5 Å². The predicted molar refractivity (Wildman–Crippen MR) is 120 cm³/mol. The molecule has 2 amide bonds. The maximum atomic E-state index is 12.6. The van der Waals surface area contributed by atoms with E-state index in [4.69, 9.17) is 9.47 Å². The van der Waals surface area contributed by atoms with Crippen molar-refractivity contribution in [3.05, 3.63) is 63.6 Å². The van der Waals surface area contributed by atoms with Crippen LogP contribution < -0.4 is 25.9 Å². The Morgan fingerprint density at radius 3 is 2.28 bits per heavy atom. The number of carbonyl (C=O) groups excluding carboxylic acids is 2. The summed E-state index contributed by atoms with van der Waals surface area (Å²) in [7, 11) is 1.49. The molecule has 0 aliphatic heterocycles. The van der Waals surface area contributed by atoms with Crippen LogP contribution in [0.2, 0.25) is 0 Å². The summed E-state index contributed by atoms with van der Waals surface area (Å²) >= 11 is 0. The molecule has 9 nitrogen and oxygen atoms in total. The van der Waals surface area contributed by atoms with Crippen LogP contribution in [-0.4, -0.2) is 35.1 Å². The topological polar surface area (TPSA) is 112 Å². The third-order valence-electron chi connectivity index (χ3n) is 4.86. The highest BCUT2D eigenvalue weighted by molar-refractivity contribution is 6.00. The maximum Gasteiger partial charge on any atom is 0.272 e. The lowest BCUT2D eigenvalue weighted by atomic mass is 10.1. The zero-order chi connectivity index (χ0) is 23.3. The normalized spacial score (nSPS) is 10.6. The lowest BCUT2D eigenvalue weighted by Crippen LogP contribution is -2.41. The zero-order valence-corrected chi connectivity index (χ0v) is 18.5. The van der Waals surface area contributed by atoms with Gasteiger partial charge in [-0.3, -0.25) is 25.2 Å². The number of methoxy groups -OCH3 is 1. The van der Waals surface area contributed by atoms with Gasteiger partial charge in [-0.25, -0.2) is 4.98 Å². The van der Waals surface area contributed by atoms with Crippen LogP contribution in [0.1, 0.15) is 46.7 Å². The molecule has 0 spiro atoms. The molecule has 0 atom stereocenters. The second kappa shape index (κ2) is 9.95. The van der Waals surface area contributed by atoms with Crippen LogP contribution in [0.5, 0.6) is 11.5 Å². The fourth-order valence-electron chi connectivity index (χ4n) is 3.23. The van der Waals surface area contributed by atoms with Crippen molar-refractivity contribution in [2.24, 2.45) is 0 Å². The van der Waals surface area contributed by atoms with Crippen LogP contribution in [0.4, 0.5) is 0 Å². The van der Waals surface area contributed by atoms with Gasteiger partial charge in [-0.1, -0.05) is 6.92 Å². The molecule has 9 heteroatoms. The van der Waals surface area contributed by atoms with Crippen LogP contribution in [0.15, 0.2) is 41.2 Å². The molecule has 2 N–H and O–H groups in total. The quantitative estimate of drug-likeness (QED) is 0.549. The van der Waals surface area contributed by atoms with Gasteiger partial charge in [0.15, 0.2) is 11.5 Å². The van der Waals surface area contributed by atoms with Crippen LogP contribution in [-0.2, 0) is 6.54 Å². The number of hydrogen-bond acceptors (Lipinski definition) is 6. The van der Waals surface area contributed by atoms with E-state index in [1.807, 2.05) is 13.8 Å². The number of fused-ring (bicyclic) bond motifs is 1. The largest absolute Gasteiger partial charge is 0.493 e. The van der Waals surface area contributed by atoms with Crippen LogP contribution in [0.25, 0.3) is 11.0 Å². The molecular formula is C23H26N4O5. The third-order valence-corrected chi connectivity index (χ3v) is 4.86. The van der Waals surface area contributed by atoms with Gasteiger partial charge in [0.05, 0.1) is 24.8 Å². The molecule has 0 saturated heterocycles. The molecule has 0 unspecified atom stereocenters. The highest BCUT2D eigenvalue weighted by atomic mass is 16.5. The summed E-state index contributed by atoms with van der Waals surface area (Å²) in [5.74, 6) is -0.0492. The number of carbonyl (C=O) groups is 2. The van der Waals surface area contributed by atoms with Crippen LogP contribution in [0, 0.1) is 6.92 Å². The van der Waals surface area contributed by atoms with Gasteiger partial charge in [0.25, 0.3) is 17.4 Å². The van der Waals surface area contributed by atoms with Gasteiger partial charge in [0.1, 0.15) is 5.69 Å². The second-order valence-electron chi connectivity index (χ2n) is 7.07. The third kappa shape index (κ3) is 4.72. The number of benzene rings is 2. The molecular weight excluding hydrogens is 412 g/mol. The Morgan fingerprint density at radius 1 is 1.00 bits per heavy atom. The SMILES string of the molecule is CCCOc1ccc(C(=O)NNC(=O)c2ccc3c(c2)nc(C)c(=O)n3CC)cc1OC. The molecule has 0 radical (unpaired) electrons. The fraction of sp³-hybridized carbons (Fsp3) is 0.304. The van der Waals surface area contributed by atoms with Crippen molar-refractivity contribution in [1.82, 2.24) is 20.4 Å². The summed E-state index contributed by atoms with van der Waals surface area (Å²) in [5.41, 5.74) is 6.74. The summed E-state index contributed by atoms with van der Waals surface area (Å²) in [6.45, 7) is 6.52. The number of aryl methyl sites for hydroxylation is 2. The van der Waals surface area contributed by atoms with Gasteiger partial charge < -0.3 is 14.0 Å². The number of aromatic nitrogens is 2. The average Bonchev–Trinajstić information content (AvgIpc) is 2.81. The van der Waals surface area contributed by atoms with E-state index in [0.717, 1.165) is 6.42 Å². The highest BCUT2D eigenvalue weighted by Crippen LogP contribution is 2.28. The predicted octanol–water partition coefficient (Wildman–Crippen LogP) is 2.60. The molecule has 0 fully saturated rings. The monoisotopic (exact) mass is 438 g/mol. The van der Waals surface area contributed by atoms with Crippen molar-refractivity contribution in [3.8, 4) is 11.5 Å². The zero-order valence-electron chi connectivity index (χ0n) is 18.5. The summed E-state index contributed by atoms with van der Waals surface area (Å²) in [5, 5.41) is 0. The fourth-order valence-corrected chi connectivity index (χ4v) is 3.23. The first kappa shape index (κ1) is 22.8. The average molecular weight is 438 g/mol. The summed E-state index contributed by atoms with van der Waals surface area (Å²) in [6, 6.07) is 9.60. The lowest BCUT2D eigenvalue weighted by Gasteiger charge is -2.13. The van der Waals surface area contributed by atoms with Gasteiger partial charge >= 0.3 is 0 Å². The first-order chi connectivity index (χ1) is 15.4. The van der Waals surface area contributed by atoms with E-state index < -0.39 is 11.8 Å². The lowest BCUT2D eigenvalue weighted by molar-refractivity contribution is 0.0846. The summed E-state index contributed by atoms with van der Waals surface area (Å²) in [6.07, 6.45) is 0.845. The molecule has 3 aromatic rings. The van der Waals surface area contributed by atoms with E-state index >= 15 is 0 Å². The molecule has 0 aliphatic rings. The molecule has 168 valence electrons. The number of hydrazine groups is 1. The smallest absolute Gasteiger partial charge is 0.272 e. The molecule has 3 rings (SSSR count). The van der Waals surface area contributed by atoms with Gasteiger partial charge in [0, 0.05) is 17.7 Å². The van der Waals surface area contributed by atoms with Crippen LogP contribution in [0.3, 0.4) is 0 Å². The number of nitrogens with zero attached hydrogens (tertiary/aromatic N) is 2. The molecule has 1 heterocycles. The number of ether oxygens (including phenoxy) is 2. The highest BCUT2D eigenvalue weighted by Gasteiger charge is 2.14. The van der Waals surface area contributed by atoms with Crippen molar-refractivity contribution in [2.75, 3.05) is 13.7 Å². The minimum absolute atomic E-state index is 0.161. The molecule has 0 saturated carbocycles. The van der Waals surface area contributed by atoms with E-state index in [9.17, 15) is 14.4 Å². The van der Waals surface area contributed by atoms with E-state index in [1.165, 1.54) is 7.11 Å². The molecule has 2 aromatic carbocycles. The van der Waals surface area contributed by atoms with Gasteiger partial charge in [0.2, 0.25) is 0 Å². The molecule has 1 aromatic heterocycles. The van der Waals surface area contributed by atoms with Crippen molar-refractivity contribution in [1.29, 1.82) is 0 Å². The summed E-state index contributed by atoms with van der Waals surface area (Å²) < 4.78 is 12.5. The Hall–Kier alpha value is -3.88. The van der Waals surface area contributed by atoms with Gasteiger partial charge in [-0.05, 0) is 56.7 Å². The van der Waals surface area contributed by atoms with Crippen molar-refractivity contribution in [3.63, 3.8) is 0 Å². The number of rotatable bonds is 7. The molecule has 0 bridgehead atoms. The van der Waals surface area contributed by atoms with Gasteiger partial charge in [-0.2, -0.15) is 0 Å². The first-order valence-corrected chi connectivity index (χ1v) is 10.3. The summed E-state index contributed by atoms with van der Waals surface area (Å²) in [4.78, 5) is 41.6. The van der Waals surface area contributed by atoms with Gasteiger partial charge in [-0.15, -0.1) is 0 Å². The Morgan fingerprint density at radius 2 is 1.66 bits per heavy atom. The van der Waals surface area contributed by atoms with Crippen molar-refractivity contribution >= 4 is 22.8 Å². The Kier molecular flexibility index (Phi) is 7.09. The van der Waals surface area contributed by atoms with E-state index in [-0.39, 0.29) is 5.56 Å². The first-order valence-electron chi connectivity index (χ1n) is 10.3. The molecule has 32 heavy (non-hydrogen) atoms. The van der Waals surface area contributed by atoms with E-state index in [1.54, 1.807) is 47.9 Å². The van der Waals surface area contributed by atoms with Crippen LogP contribution >= 0.6 is 0 Å². The van der Waals surface area contributed by atoms with Crippen molar-refractivity contribution in [2.45, 2.75) is 33.7 Å². The maximum absolute atomic E-state index is 12.6. The Labute approximate surface area is 185 Å². The Balaban J connectivity index is 1.74. The number of amides is 2. The second-order valence-corrected chi connectivity index (χ2v) is 7.07. The minimum atomic E-state index is -0.510. The number of hydrogen-bond donors (Lipinski definition) is 2. The molecule has 0 aliphatic carbocycles. The van der Waals surface area contributed by atoms with E-state index in [2.05, 4.69) is 15.8 Å². The standard InChI is InChI=1S/C23H26N4O5/c1-5-11-32-19-10-8-16(13-20(19)31-4)22(29)26-25-21(28)15-7-9-18-17(12-15)24-14(3)23(30)27(18)6-2/h7-10,12-13H,5-6,11H2,1-4H3,(H,25,28)(H,26,29). The van der Waals surface area contributed by atoms with Crippen molar-refractivity contribution < 1.29 is 19.1 Å².